The molecular formula is C8H14N2O2S2. The number of nitrogens with one attached hydrogen (secondary N) is 1. The second-order valence-corrected chi connectivity index (χ2v) is 6.16. The lowest BCUT2D eigenvalue weighted by atomic mass is 10.4. The molecular weight excluding hydrogens is 220 g/mol. The second-order valence-electron chi connectivity index (χ2n) is 3.06. The molecule has 0 saturated heterocycles. The van der Waals surface area contributed by atoms with Crippen molar-refractivity contribution in [2.75, 3.05) is 12.3 Å². The Morgan fingerprint density at radius 1 is 1.50 bits per heavy atom. The van der Waals surface area contributed by atoms with Gasteiger partial charge in [-0.3, -0.25) is 0 Å². The van der Waals surface area contributed by atoms with Crippen LogP contribution in [-0.4, -0.2) is 20.7 Å². The van der Waals surface area contributed by atoms with Gasteiger partial charge in [0.05, 0.1) is 5.75 Å². The van der Waals surface area contributed by atoms with Crippen LogP contribution in [0.15, 0.2) is 12.1 Å². The number of hydrogen-bond donors (Lipinski definition) is 2. The van der Waals surface area contributed by atoms with Crippen molar-refractivity contribution in [3.05, 3.63) is 21.9 Å². The van der Waals surface area contributed by atoms with E-state index < -0.39 is 10.0 Å². The molecule has 0 spiro atoms. The third-order valence-corrected chi connectivity index (χ3v) is 3.43. The minimum absolute atomic E-state index is 0.0165. The van der Waals surface area contributed by atoms with Crippen LogP contribution in [0.1, 0.15) is 9.75 Å². The molecule has 0 aromatic carbocycles. The summed E-state index contributed by atoms with van der Waals surface area (Å²) in [5.41, 5.74) is 0. The fourth-order valence-corrected chi connectivity index (χ4v) is 2.29. The molecule has 0 fully saturated rings. The average Bonchev–Trinajstić information content (AvgIpc) is 2.44. The number of nitrogens with two attached hydrogens (primary N) is 1. The predicted octanol–water partition coefficient (Wildman–Crippen LogP) is 0.435. The van der Waals surface area contributed by atoms with Gasteiger partial charge in [0.25, 0.3) is 0 Å². The van der Waals surface area contributed by atoms with E-state index in [0.29, 0.717) is 13.1 Å². The van der Waals surface area contributed by atoms with Gasteiger partial charge in [-0.15, -0.1) is 11.3 Å². The molecule has 4 nitrogen and oxygen atoms in total. The highest BCUT2D eigenvalue weighted by atomic mass is 32.2. The van der Waals surface area contributed by atoms with E-state index in [-0.39, 0.29) is 5.75 Å². The van der Waals surface area contributed by atoms with Crippen LogP contribution in [0, 0.1) is 6.92 Å². The van der Waals surface area contributed by atoms with Crippen molar-refractivity contribution < 1.29 is 8.42 Å². The number of thiophene rings is 1. The number of sulfonamides is 1. The van der Waals surface area contributed by atoms with E-state index in [0.717, 1.165) is 0 Å². The largest absolute Gasteiger partial charge is 0.311 e. The van der Waals surface area contributed by atoms with Crippen LogP contribution in [0.5, 0.6) is 0 Å². The summed E-state index contributed by atoms with van der Waals surface area (Å²) in [6.45, 7) is 3.14. The van der Waals surface area contributed by atoms with Crippen molar-refractivity contribution in [3.63, 3.8) is 0 Å². The Hall–Kier alpha value is -0.430. The first-order valence-corrected chi connectivity index (χ1v) is 6.77. The Balaban J connectivity index is 2.23. The van der Waals surface area contributed by atoms with E-state index in [9.17, 15) is 8.42 Å². The Bertz CT molecular complexity index is 384. The summed E-state index contributed by atoms with van der Waals surface area (Å²) in [5.74, 6) is -0.0165. The SMILES string of the molecule is Cc1ccc(CNCCS(N)(=O)=O)s1. The summed E-state index contributed by atoms with van der Waals surface area (Å²) in [6.07, 6.45) is 0. The number of hydrogen-bond acceptors (Lipinski definition) is 4. The topological polar surface area (TPSA) is 72.2 Å². The van der Waals surface area contributed by atoms with Crippen LogP contribution >= 0.6 is 11.3 Å². The van der Waals surface area contributed by atoms with Gasteiger partial charge in [0.15, 0.2) is 0 Å². The quantitative estimate of drug-likeness (QED) is 0.726. The van der Waals surface area contributed by atoms with Crippen LogP contribution in [0.3, 0.4) is 0 Å². The normalized spacial score (nSPS) is 11.9. The van der Waals surface area contributed by atoms with Crippen molar-refractivity contribution >= 4 is 21.4 Å². The summed E-state index contributed by atoms with van der Waals surface area (Å²) in [4.78, 5) is 2.46. The molecule has 0 atom stereocenters. The first-order chi connectivity index (χ1) is 6.47. The van der Waals surface area contributed by atoms with Gasteiger partial charge in [-0.1, -0.05) is 0 Å². The van der Waals surface area contributed by atoms with Gasteiger partial charge < -0.3 is 5.32 Å². The van der Waals surface area contributed by atoms with Gasteiger partial charge in [-0.2, -0.15) is 0 Å². The molecule has 1 rings (SSSR count). The smallest absolute Gasteiger partial charge is 0.210 e. The molecule has 0 aliphatic rings. The fourth-order valence-electron chi connectivity index (χ4n) is 1.01. The van der Waals surface area contributed by atoms with E-state index in [1.807, 2.05) is 19.1 Å². The lowest BCUT2D eigenvalue weighted by Crippen LogP contribution is -2.26. The lowest BCUT2D eigenvalue weighted by molar-refractivity contribution is 0.592. The Morgan fingerprint density at radius 3 is 2.71 bits per heavy atom. The van der Waals surface area contributed by atoms with Crippen molar-refractivity contribution in [2.45, 2.75) is 13.5 Å². The maximum atomic E-state index is 10.6. The van der Waals surface area contributed by atoms with Gasteiger partial charge >= 0.3 is 0 Å². The molecule has 1 heterocycles. The maximum absolute atomic E-state index is 10.6. The molecule has 0 amide bonds. The second kappa shape index (κ2) is 4.88. The first-order valence-electron chi connectivity index (χ1n) is 4.24. The Kier molecular flexibility index (Phi) is 4.06. The highest BCUT2D eigenvalue weighted by Gasteiger charge is 2.01. The predicted molar refractivity (Wildman–Crippen MR) is 58.7 cm³/mol. The van der Waals surface area contributed by atoms with E-state index >= 15 is 0 Å². The summed E-state index contributed by atoms with van der Waals surface area (Å²) in [5, 5.41) is 7.88. The van der Waals surface area contributed by atoms with Gasteiger partial charge in [-0.25, -0.2) is 13.6 Å². The number of primary sulfonamides is 1. The van der Waals surface area contributed by atoms with Gasteiger partial charge in [0.2, 0.25) is 10.0 Å². The Morgan fingerprint density at radius 2 is 2.21 bits per heavy atom. The average molecular weight is 234 g/mol. The molecule has 1 aromatic heterocycles. The molecule has 0 saturated carbocycles. The van der Waals surface area contributed by atoms with Crippen molar-refractivity contribution in [1.82, 2.24) is 5.32 Å². The third-order valence-electron chi connectivity index (χ3n) is 1.66. The van der Waals surface area contributed by atoms with Gasteiger partial charge in [-0.05, 0) is 19.1 Å². The molecule has 0 radical (unpaired) electrons. The zero-order valence-electron chi connectivity index (χ0n) is 7.99. The number of aryl methyl sites for hydroxylation is 1. The summed E-state index contributed by atoms with van der Waals surface area (Å²) in [6, 6.07) is 4.07. The molecule has 0 bridgehead atoms. The van der Waals surface area contributed by atoms with Crippen molar-refractivity contribution in [1.29, 1.82) is 0 Å². The zero-order valence-corrected chi connectivity index (χ0v) is 9.62. The van der Waals surface area contributed by atoms with Gasteiger partial charge in [0.1, 0.15) is 0 Å². The minimum Gasteiger partial charge on any atom is -0.311 e. The Labute approximate surface area is 88.2 Å². The first kappa shape index (κ1) is 11.6. The van der Waals surface area contributed by atoms with Crippen LogP contribution < -0.4 is 10.5 Å². The third kappa shape index (κ3) is 4.71. The molecule has 3 N–H and O–H groups in total. The van der Waals surface area contributed by atoms with Crippen molar-refractivity contribution in [2.24, 2.45) is 5.14 Å². The van der Waals surface area contributed by atoms with Crippen LogP contribution in [0.25, 0.3) is 0 Å². The van der Waals surface area contributed by atoms with Gasteiger partial charge in [0, 0.05) is 22.8 Å². The summed E-state index contributed by atoms with van der Waals surface area (Å²) >= 11 is 1.70. The molecule has 1 aromatic rings. The molecule has 0 aliphatic carbocycles. The maximum Gasteiger partial charge on any atom is 0.210 e. The minimum atomic E-state index is -3.33. The molecule has 80 valence electrons. The van der Waals surface area contributed by atoms with E-state index in [4.69, 9.17) is 5.14 Å². The highest BCUT2D eigenvalue weighted by Crippen LogP contribution is 2.14. The van der Waals surface area contributed by atoms with Crippen molar-refractivity contribution in [3.8, 4) is 0 Å². The van der Waals surface area contributed by atoms with E-state index in [1.165, 1.54) is 9.75 Å². The number of rotatable bonds is 5. The fraction of sp³-hybridized carbons (Fsp3) is 0.500. The lowest BCUT2D eigenvalue weighted by Gasteiger charge is -2.00. The molecule has 14 heavy (non-hydrogen) atoms. The van der Waals surface area contributed by atoms with E-state index in [1.54, 1.807) is 11.3 Å². The summed E-state index contributed by atoms with van der Waals surface area (Å²) in [7, 11) is -3.33. The summed E-state index contributed by atoms with van der Waals surface area (Å²) < 4.78 is 21.2. The molecule has 6 heteroatoms. The van der Waals surface area contributed by atoms with E-state index in [2.05, 4.69) is 5.32 Å². The monoisotopic (exact) mass is 234 g/mol. The van der Waals surface area contributed by atoms with Crippen LogP contribution in [0.4, 0.5) is 0 Å². The highest BCUT2D eigenvalue weighted by molar-refractivity contribution is 7.89. The standard InChI is InChI=1S/C8H14N2O2S2/c1-7-2-3-8(13-7)6-10-4-5-14(9,11)12/h2-3,10H,4-6H2,1H3,(H2,9,11,12). The molecule has 0 unspecified atom stereocenters. The zero-order chi connectivity index (χ0) is 10.6. The van der Waals surface area contributed by atoms with Crippen LogP contribution in [0.2, 0.25) is 0 Å². The molecule has 0 aliphatic heterocycles. The van der Waals surface area contributed by atoms with Crippen LogP contribution in [-0.2, 0) is 16.6 Å².